The number of benzene rings is 2. The summed E-state index contributed by atoms with van der Waals surface area (Å²) in [5, 5.41) is 13.8. The number of fused-ring (bicyclic) bond motifs is 1. The molecule has 3 heterocycles. The molecule has 1 atom stereocenters. The number of amides is 1. The van der Waals surface area contributed by atoms with Crippen LogP contribution in [0, 0.1) is 6.92 Å². The van der Waals surface area contributed by atoms with Crippen LogP contribution in [0.25, 0.3) is 11.0 Å². The summed E-state index contributed by atoms with van der Waals surface area (Å²) in [5.41, 5.74) is 2.05. The Kier molecular flexibility index (Phi) is 5.67. The molecule has 1 aliphatic rings. The van der Waals surface area contributed by atoms with Crippen molar-refractivity contribution in [3.8, 4) is 5.75 Å². The molecule has 0 saturated heterocycles. The highest BCUT2D eigenvalue weighted by atomic mass is 35.5. The number of halogens is 1. The van der Waals surface area contributed by atoms with E-state index >= 15 is 0 Å². The van der Waals surface area contributed by atoms with E-state index in [1.807, 2.05) is 48.7 Å². The van der Waals surface area contributed by atoms with Crippen LogP contribution < -0.4 is 4.74 Å². The van der Waals surface area contributed by atoms with Gasteiger partial charge >= 0.3 is 0 Å². The first-order valence-corrected chi connectivity index (χ1v) is 11.8. The van der Waals surface area contributed by atoms with Crippen LogP contribution in [0.2, 0.25) is 5.02 Å². The molecule has 1 aliphatic heterocycles. The fraction of sp³-hybridized carbons (Fsp3) is 0.154. The molecule has 6 nitrogen and oxygen atoms in total. The van der Waals surface area contributed by atoms with E-state index in [9.17, 15) is 14.7 Å². The van der Waals surface area contributed by atoms with Crippen molar-refractivity contribution in [3.63, 3.8) is 0 Å². The van der Waals surface area contributed by atoms with Crippen LogP contribution in [0.4, 0.5) is 0 Å². The van der Waals surface area contributed by atoms with Crippen molar-refractivity contribution in [3.05, 3.63) is 98.1 Å². The lowest BCUT2D eigenvalue weighted by atomic mass is 9.94. The number of hydrogen-bond donors (Lipinski definition) is 1. The average Bonchev–Trinajstić information content (AvgIpc) is 3.53. The molecule has 2 aromatic heterocycles. The van der Waals surface area contributed by atoms with Gasteiger partial charge in [-0.3, -0.25) is 9.59 Å². The number of aliphatic hydroxyl groups excluding tert-OH is 1. The fourth-order valence-corrected chi connectivity index (χ4v) is 5.21. The molecule has 2 aromatic carbocycles. The second-order valence-corrected chi connectivity index (χ2v) is 9.53. The molecule has 1 N–H and O–H groups in total. The van der Waals surface area contributed by atoms with E-state index in [1.54, 1.807) is 18.2 Å². The lowest BCUT2D eigenvalue weighted by Gasteiger charge is -2.26. The number of carbonyl (C=O) groups excluding carboxylic acids is 2. The molecule has 8 heteroatoms. The number of Topliss-reactive ketones (excluding diaryl/α,β-unsaturated/α-hetero) is 1. The van der Waals surface area contributed by atoms with Gasteiger partial charge in [-0.1, -0.05) is 47.5 Å². The number of ether oxygens (including phenoxy) is 1. The fourth-order valence-electron chi connectivity index (χ4n) is 4.29. The maximum atomic E-state index is 13.7. The molecule has 1 unspecified atom stereocenters. The third kappa shape index (κ3) is 3.77. The number of hydrogen-bond acceptors (Lipinski definition) is 6. The Bertz CT molecular complexity index is 1450. The van der Waals surface area contributed by atoms with Crippen molar-refractivity contribution in [2.24, 2.45) is 0 Å². The highest BCUT2D eigenvalue weighted by Crippen LogP contribution is 2.42. The summed E-state index contributed by atoms with van der Waals surface area (Å²) in [7, 11) is 1.48. The Labute approximate surface area is 204 Å². The zero-order valence-corrected chi connectivity index (χ0v) is 19.9. The summed E-state index contributed by atoms with van der Waals surface area (Å²) in [5.74, 6) is -1.36. The van der Waals surface area contributed by atoms with Crippen LogP contribution in [0.1, 0.15) is 32.6 Å². The third-order valence-electron chi connectivity index (χ3n) is 5.80. The van der Waals surface area contributed by atoms with Gasteiger partial charge in [0.1, 0.15) is 0 Å². The summed E-state index contributed by atoms with van der Waals surface area (Å²) < 4.78 is 11.2. The van der Waals surface area contributed by atoms with E-state index in [-0.39, 0.29) is 17.9 Å². The second-order valence-electron chi connectivity index (χ2n) is 8.06. The van der Waals surface area contributed by atoms with Gasteiger partial charge in [-0.15, -0.1) is 11.3 Å². The largest absolute Gasteiger partial charge is 0.503 e. The molecule has 5 rings (SSSR count). The van der Waals surface area contributed by atoms with Crippen LogP contribution in [-0.4, -0.2) is 28.8 Å². The predicted octanol–water partition coefficient (Wildman–Crippen LogP) is 6.24. The minimum atomic E-state index is -0.763. The van der Waals surface area contributed by atoms with E-state index in [4.69, 9.17) is 20.8 Å². The maximum absolute atomic E-state index is 13.7. The van der Waals surface area contributed by atoms with Gasteiger partial charge in [0, 0.05) is 21.4 Å². The molecule has 34 heavy (non-hydrogen) atoms. The van der Waals surface area contributed by atoms with E-state index in [1.165, 1.54) is 23.3 Å². The van der Waals surface area contributed by atoms with Crippen molar-refractivity contribution < 1.29 is 23.8 Å². The number of aryl methyl sites for hydroxylation is 1. The average molecular weight is 494 g/mol. The minimum absolute atomic E-state index is 0.0134. The van der Waals surface area contributed by atoms with Crippen LogP contribution in [0.15, 0.2) is 75.7 Å². The molecular weight excluding hydrogens is 474 g/mol. The highest BCUT2D eigenvalue weighted by molar-refractivity contribution is 7.09. The normalized spacial score (nSPS) is 16.0. The third-order valence-corrected chi connectivity index (χ3v) is 6.88. The predicted molar refractivity (Wildman–Crippen MR) is 131 cm³/mol. The molecule has 0 saturated carbocycles. The Morgan fingerprint density at radius 1 is 1.21 bits per heavy atom. The number of nitrogens with zero attached hydrogens (tertiary/aromatic N) is 1. The van der Waals surface area contributed by atoms with Gasteiger partial charge < -0.3 is 19.2 Å². The molecular formula is C26H20ClNO5S. The van der Waals surface area contributed by atoms with Gasteiger partial charge in [-0.2, -0.15) is 0 Å². The van der Waals surface area contributed by atoms with E-state index < -0.39 is 23.5 Å². The van der Waals surface area contributed by atoms with Crippen LogP contribution in [0.5, 0.6) is 5.75 Å². The van der Waals surface area contributed by atoms with Crippen molar-refractivity contribution in [2.75, 3.05) is 7.11 Å². The van der Waals surface area contributed by atoms with Gasteiger partial charge in [0.05, 0.1) is 25.3 Å². The molecule has 0 aliphatic carbocycles. The van der Waals surface area contributed by atoms with Gasteiger partial charge in [0.15, 0.2) is 22.9 Å². The molecule has 0 fully saturated rings. The Balaban J connectivity index is 1.62. The van der Waals surface area contributed by atoms with Crippen molar-refractivity contribution in [2.45, 2.75) is 19.5 Å². The van der Waals surface area contributed by atoms with Crippen molar-refractivity contribution in [1.82, 2.24) is 4.90 Å². The number of thiophene rings is 1. The SMILES string of the molecule is COc1cc(Cl)cc2cc(C(=O)C3=C(O)C(=O)N(Cc4cccs4)C3c3cccc(C)c3)oc12. The zero-order valence-electron chi connectivity index (χ0n) is 18.4. The summed E-state index contributed by atoms with van der Waals surface area (Å²) in [6.45, 7) is 2.20. The first-order chi connectivity index (χ1) is 16.4. The quantitative estimate of drug-likeness (QED) is 0.321. The number of furan rings is 1. The van der Waals surface area contributed by atoms with Crippen molar-refractivity contribution in [1.29, 1.82) is 0 Å². The second kappa shape index (κ2) is 8.66. The smallest absolute Gasteiger partial charge is 0.290 e. The molecule has 4 aromatic rings. The first kappa shape index (κ1) is 22.3. The molecule has 0 bridgehead atoms. The zero-order chi connectivity index (χ0) is 24.0. The standard InChI is InChI=1S/C26H20ClNO5S/c1-14-5-3-6-15(9-14)22-21(24(30)26(31)28(22)13-18-7-4-8-34-18)23(29)19-11-16-10-17(27)12-20(32-2)25(16)33-19/h3-12,22,30H,13H2,1-2H3. The molecule has 1 amide bonds. The number of rotatable bonds is 6. The van der Waals surface area contributed by atoms with Gasteiger partial charge in [-0.05, 0) is 36.1 Å². The molecule has 0 spiro atoms. The minimum Gasteiger partial charge on any atom is -0.503 e. The van der Waals surface area contributed by atoms with E-state index in [0.717, 1.165) is 16.0 Å². The van der Waals surface area contributed by atoms with Gasteiger partial charge in [0.2, 0.25) is 5.78 Å². The highest BCUT2D eigenvalue weighted by Gasteiger charge is 2.44. The van der Waals surface area contributed by atoms with E-state index in [2.05, 4.69) is 0 Å². The van der Waals surface area contributed by atoms with Gasteiger partial charge in [0.25, 0.3) is 5.91 Å². The van der Waals surface area contributed by atoms with Gasteiger partial charge in [-0.25, -0.2) is 0 Å². The molecule has 0 radical (unpaired) electrons. The summed E-state index contributed by atoms with van der Waals surface area (Å²) >= 11 is 7.66. The topological polar surface area (TPSA) is 80.0 Å². The van der Waals surface area contributed by atoms with Crippen molar-refractivity contribution >= 4 is 45.6 Å². The summed E-state index contributed by atoms with van der Waals surface area (Å²) in [4.78, 5) is 29.3. The maximum Gasteiger partial charge on any atom is 0.290 e. The van der Waals surface area contributed by atoms with E-state index in [0.29, 0.717) is 21.7 Å². The Morgan fingerprint density at radius 3 is 2.74 bits per heavy atom. The lowest BCUT2D eigenvalue weighted by Crippen LogP contribution is -2.30. The molecule has 172 valence electrons. The number of methoxy groups -OCH3 is 1. The Morgan fingerprint density at radius 2 is 2.03 bits per heavy atom. The van der Waals surface area contributed by atoms with Crippen LogP contribution in [0.3, 0.4) is 0 Å². The van der Waals surface area contributed by atoms with Crippen LogP contribution in [-0.2, 0) is 11.3 Å². The number of ketones is 1. The monoisotopic (exact) mass is 493 g/mol. The number of aliphatic hydroxyl groups is 1. The summed E-state index contributed by atoms with van der Waals surface area (Å²) in [6.07, 6.45) is 0. The number of carbonyl (C=O) groups is 2. The first-order valence-electron chi connectivity index (χ1n) is 10.5. The lowest BCUT2D eigenvalue weighted by molar-refractivity contribution is -0.130. The Hall–Kier alpha value is -3.55. The summed E-state index contributed by atoms with van der Waals surface area (Å²) in [6, 6.07) is 15.4. The van der Waals surface area contributed by atoms with Crippen LogP contribution >= 0.6 is 22.9 Å².